The van der Waals surface area contributed by atoms with Crippen LogP contribution in [0.1, 0.15) is 43.9 Å². The molecule has 3 aromatic heterocycles. The number of nitrogens with zero attached hydrogens (tertiary/aromatic N) is 3. The van der Waals surface area contributed by atoms with Crippen molar-refractivity contribution >= 4 is 27.5 Å². The first-order valence-corrected chi connectivity index (χ1v) is 10.9. The van der Waals surface area contributed by atoms with Crippen LogP contribution in [0.4, 0.5) is 4.39 Å². The van der Waals surface area contributed by atoms with Gasteiger partial charge >= 0.3 is 0 Å². The van der Waals surface area contributed by atoms with E-state index in [1.807, 2.05) is 18.3 Å². The number of unbranched alkanes of at least 4 members (excludes halogenated alkanes) is 3. The lowest BCUT2D eigenvalue weighted by atomic mass is 10.1. The van der Waals surface area contributed by atoms with Gasteiger partial charge in [0.05, 0.1) is 5.52 Å². The average molecular weight is 400 g/mol. The van der Waals surface area contributed by atoms with Crippen LogP contribution in [0, 0.1) is 5.82 Å². The van der Waals surface area contributed by atoms with Crippen LogP contribution in [0.2, 0.25) is 0 Å². The summed E-state index contributed by atoms with van der Waals surface area (Å²) in [4.78, 5) is 4.69. The molecule has 5 rings (SSSR count). The largest absolute Gasteiger partial charge is 0.335 e. The van der Waals surface area contributed by atoms with E-state index in [0.717, 1.165) is 17.6 Å². The van der Waals surface area contributed by atoms with Gasteiger partial charge in [-0.05, 0) is 42.7 Å². The van der Waals surface area contributed by atoms with E-state index < -0.39 is 0 Å². The number of hydrogen-bond acceptors (Lipinski definition) is 1. The molecule has 0 bridgehead atoms. The predicted molar refractivity (Wildman–Crippen MR) is 122 cm³/mol. The molecule has 4 heteroatoms. The fourth-order valence-electron chi connectivity index (χ4n) is 4.42. The second-order valence-corrected chi connectivity index (χ2v) is 8.09. The monoisotopic (exact) mass is 399 g/mol. The minimum Gasteiger partial charge on any atom is -0.335 e. The highest BCUT2D eigenvalue weighted by Gasteiger charge is 2.14. The molecule has 2 aromatic carbocycles. The first-order valence-electron chi connectivity index (χ1n) is 10.9. The van der Waals surface area contributed by atoms with Gasteiger partial charge in [-0.3, -0.25) is 0 Å². The van der Waals surface area contributed by atoms with Gasteiger partial charge in [0.2, 0.25) is 0 Å². The number of benzene rings is 2. The molecule has 0 fully saturated rings. The first-order chi connectivity index (χ1) is 14.7. The Kier molecular flexibility index (Phi) is 4.99. The van der Waals surface area contributed by atoms with Crippen LogP contribution in [0.15, 0.2) is 67.0 Å². The maximum absolute atomic E-state index is 13.4. The third kappa shape index (κ3) is 3.36. The highest BCUT2D eigenvalue weighted by molar-refractivity contribution is 6.08. The minimum absolute atomic E-state index is 0.200. The molecule has 0 amide bonds. The minimum atomic E-state index is -0.200. The van der Waals surface area contributed by atoms with Crippen molar-refractivity contribution in [2.75, 3.05) is 0 Å². The molecule has 0 spiro atoms. The van der Waals surface area contributed by atoms with Crippen LogP contribution in [0.25, 0.3) is 27.5 Å². The molecule has 0 radical (unpaired) electrons. The zero-order valence-electron chi connectivity index (χ0n) is 17.3. The lowest BCUT2D eigenvalue weighted by Gasteiger charge is -2.09. The van der Waals surface area contributed by atoms with Crippen LogP contribution in [0.5, 0.6) is 0 Å². The number of halogens is 1. The molecular weight excluding hydrogens is 373 g/mol. The van der Waals surface area contributed by atoms with E-state index in [0.29, 0.717) is 6.54 Å². The molecule has 0 saturated heterocycles. The smallest absolute Gasteiger partial charge is 0.137 e. The highest BCUT2D eigenvalue weighted by atomic mass is 19.1. The van der Waals surface area contributed by atoms with Crippen molar-refractivity contribution in [3.8, 4) is 0 Å². The van der Waals surface area contributed by atoms with Crippen LogP contribution in [0.3, 0.4) is 0 Å². The second-order valence-electron chi connectivity index (χ2n) is 8.09. The van der Waals surface area contributed by atoms with Crippen molar-refractivity contribution in [3.05, 3.63) is 84.1 Å². The third-order valence-corrected chi connectivity index (χ3v) is 6.02. The number of para-hydroxylation sites is 1. The van der Waals surface area contributed by atoms with Gasteiger partial charge in [-0.2, -0.15) is 0 Å². The molecule has 0 unspecified atom stereocenters. The van der Waals surface area contributed by atoms with Crippen molar-refractivity contribution in [1.29, 1.82) is 0 Å². The number of aryl methyl sites for hydroxylation is 1. The average Bonchev–Trinajstić information content (AvgIpc) is 3.30. The quantitative estimate of drug-likeness (QED) is 0.277. The number of hydrogen-bond donors (Lipinski definition) is 0. The Labute approximate surface area is 175 Å². The molecule has 152 valence electrons. The molecule has 3 nitrogen and oxygen atoms in total. The number of pyridine rings is 1. The highest BCUT2D eigenvalue weighted by Crippen LogP contribution is 2.31. The van der Waals surface area contributed by atoms with Crippen molar-refractivity contribution < 1.29 is 4.39 Å². The van der Waals surface area contributed by atoms with Crippen LogP contribution in [-0.4, -0.2) is 14.0 Å². The summed E-state index contributed by atoms with van der Waals surface area (Å²) in [7, 11) is 0. The fraction of sp³-hybridized carbons (Fsp3) is 0.269. The van der Waals surface area contributed by atoms with Crippen LogP contribution in [-0.2, 0) is 13.0 Å². The van der Waals surface area contributed by atoms with E-state index in [2.05, 4.69) is 57.4 Å². The summed E-state index contributed by atoms with van der Waals surface area (Å²) in [5, 5.41) is 2.44. The second kappa shape index (κ2) is 7.94. The van der Waals surface area contributed by atoms with E-state index in [1.54, 1.807) is 0 Å². The normalized spacial score (nSPS) is 11.8. The van der Waals surface area contributed by atoms with Crippen molar-refractivity contribution in [3.63, 3.8) is 0 Å². The van der Waals surface area contributed by atoms with Gasteiger partial charge in [0.15, 0.2) is 0 Å². The Morgan fingerprint density at radius 3 is 2.57 bits per heavy atom. The Balaban J connectivity index is 1.63. The van der Waals surface area contributed by atoms with Gasteiger partial charge in [-0.1, -0.05) is 56.5 Å². The van der Waals surface area contributed by atoms with Crippen molar-refractivity contribution in [2.45, 2.75) is 45.6 Å². The van der Waals surface area contributed by atoms with Gasteiger partial charge in [0, 0.05) is 40.9 Å². The lowest BCUT2D eigenvalue weighted by molar-refractivity contribution is 0.626. The zero-order valence-corrected chi connectivity index (χ0v) is 17.3. The zero-order chi connectivity index (χ0) is 20.5. The van der Waals surface area contributed by atoms with E-state index in [4.69, 9.17) is 0 Å². The predicted octanol–water partition coefficient (Wildman–Crippen LogP) is 6.75. The molecule has 0 aliphatic heterocycles. The topological polar surface area (TPSA) is 22.2 Å². The SMILES string of the molecule is CCCCCCc1cnc2cc3c4ccccc4n(Cc4ccc(F)cc4)c3cn12. The Hall–Kier alpha value is -3.14. The maximum atomic E-state index is 13.4. The Morgan fingerprint density at radius 1 is 0.900 bits per heavy atom. The Morgan fingerprint density at radius 2 is 1.73 bits per heavy atom. The molecule has 0 aliphatic rings. The first kappa shape index (κ1) is 18.9. The summed E-state index contributed by atoms with van der Waals surface area (Å²) in [6.07, 6.45) is 10.3. The van der Waals surface area contributed by atoms with Gasteiger partial charge in [0.25, 0.3) is 0 Å². The lowest BCUT2D eigenvalue weighted by Crippen LogP contribution is -2.01. The molecule has 3 heterocycles. The van der Waals surface area contributed by atoms with Crippen LogP contribution >= 0.6 is 0 Å². The third-order valence-electron chi connectivity index (χ3n) is 6.02. The van der Waals surface area contributed by atoms with E-state index in [9.17, 15) is 4.39 Å². The molecule has 0 aliphatic carbocycles. The number of aromatic nitrogens is 3. The van der Waals surface area contributed by atoms with Crippen LogP contribution < -0.4 is 0 Å². The van der Waals surface area contributed by atoms with Crippen molar-refractivity contribution in [2.24, 2.45) is 0 Å². The van der Waals surface area contributed by atoms with Gasteiger partial charge in [-0.25, -0.2) is 9.37 Å². The summed E-state index contributed by atoms with van der Waals surface area (Å²) in [6, 6.07) is 17.5. The molecule has 30 heavy (non-hydrogen) atoms. The summed E-state index contributed by atoms with van der Waals surface area (Å²) in [6.45, 7) is 2.95. The van der Waals surface area contributed by atoms with E-state index >= 15 is 0 Å². The molecule has 0 saturated carbocycles. The molecule has 0 N–H and O–H groups in total. The van der Waals surface area contributed by atoms with E-state index in [-0.39, 0.29) is 5.82 Å². The molecular formula is C26H26FN3. The molecule has 0 atom stereocenters. The van der Waals surface area contributed by atoms with Gasteiger partial charge in [-0.15, -0.1) is 0 Å². The summed E-state index contributed by atoms with van der Waals surface area (Å²) >= 11 is 0. The number of fused-ring (bicyclic) bond motifs is 4. The number of rotatable bonds is 7. The van der Waals surface area contributed by atoms with E-state index in [1.165, 1.54) is 65.3 Å². The summed E-state index contributed by atoms with van der Waals surface area (Å²) in [5.41, 5.74) is 5.72. The maximum Gasteiger partial charge on any atom is 0.137 e. The van der Waals surface area contributed by atoms with Gasteiger partial charge < -0.3 is 8.97 Å². The van der Waals surface area contributed by atoms with Crippen molar-refractivity contribution in [1.82, 2.24) is 14.0 Å². The number of imidazole rings is 1. The molecule has 5 aromatic rings. The standard InChI is InChI=1S/C26H26FN3/c1-2-3-4-5-8-21-16-28-26-15-23-22-9-6-7-10-24(22)30(25(23)18-29(21)26)17-19-11-13-20(27)14-12-19/h6-7,9-16,18H,2-5,8,17H2,1H3. The fourth-order valence-corrected chi connectivity index (χ4v) is 4.42. The Bertz CT molecular complexity index is 1310. The summed E-state index contributed by atoms with van der Waals surface area (Å²) < 4.78 is 18.0. The summed E-state index contributed by atoms with van der Waals surface area (Å²) in [5.74, 6) is -0.200. The van der Waals surface area contributed by atoms with Gasteiger partial charge in [0.1, 0.15) is 11.5 Å².